The van der Waals surface area contributed by atoms with E-state index in [0.29, 0.717) is 12.1 Å². The second-order valence-corrected chi connectivity index (χ2v) is 6.47. The van der Waals surface area contributed by atoms with E-state index in [1.54, 1.807) is 0 Å². The molecule has 0 amide bonds. The molecule has 1 aliphatic rings. The molecule has 1 saturated heterocycles. The first-order chi connectivity index (χ1) is 8.29. The highest BCUT2D eigenvalue weighted by Gasteiger charge is 2.24. The maximum absolute atomic E-state index is 3.84. The van der Waals surface area contributed by atoms with E-state index in [1.807, 2.05) is 0 Å². The Kier molecular flexibility index (Phi) is 4.93. The molecule has 1 aliphatic heterocycles. The Morgan fingerprint density at radius 1 is 1.35 bits per heavy atom. The average molecular weight is 249 g/mol. The zero-order chi connectivity index (χ0) is 12.1. The lowest BCUT2D eigenvalue weighted by molar-refractivity contribution is 0.427. The quantitative estimate of drug-likeness (QED) is 0.846. The monoisotopic (exact) mass is 249 g/mol. The molecule has 0 aromatic heterocycles. The van der Waals surface area contributed by atoms with E-state index in [-0.39, 0.29) is 0 Å². The number of nitrogens with one attached hydrogen (secondary N) is 1. The number of hydrogen-bond donors (Lipinski definition) is 1. The van der Waals surface area contributed by atoms with Gasteiger partial charge in [0.2, 0.25) is 0 Å². The van der Waals surface area contributed by atoms with E-state index < -0.39 is 0 Å². The Labute approximate surface area is 109 Å². The number of thioether (sulfide) groups is 1. The van der Waals surface area contributed by atoms with Gasteiger partial charge in [0, 0.05) is 23.1 Å². The summed E-state index contributed by atoms with van der Waals surface area (Å²) in [6, 6.07) is 12.1. The maximum Gasteiger partial charge on any atom is 0.0322 e. The van der Waals surface area contributed by atoms with Gasteiger partial charge in [-0.3, -0.25) is 0 Å². The van der Waals surface area contributed by atoms with Gasteiger partial charge in [0.25, 0.3) is 0 Å². The van der Waals surface area contributed by atoms with Crippen LogP contribution in [0.4, 0.5) is 0 Å². The molecular formula is C15H23NS. The molecule has 1 fully saturated rings. The van der Waals surface area contributed by atoms with Crippen molar-refractivity contribution in [3.8, 4) is 0 Å². The lowest BCUT2D eigenvalue weighted by Crippen LogP contribution is -2.33. The predicted molar refractivity (Wildman–Crippen MR) is 77.6 cm³/mol. The first-order valence-corrected chi connectivity index (χ1v) is 7.77. The molecule has 1 N–H and O–H groups in total. The molecule has 3 atom stereocenters. The van der Waals surface area contributed by atoms with E-state index in [2.05, 4.69) is 61.3 Å². The van der Waals surface area contributed by atoms with Crippen molar-refractivity contribution < 1.29 is 0 Å². The Bertz CT molecular complexity index is 325. The highest BCUT2D eigenvalue weighted by molar-refractivity contribution is 8.00. The third-order valence-corrected chi connectivity index (χ3v) is 4.77. The molecule has 0 saturated carbocycles. The van der Waals surface area contributed by atoms with Crippen molar-refractivity contribution >= 4 is 11.8 Å². The van der Waals surface area contributed by atoms with E-state index in [0.717, 1.165) is 5.25 Å². The summed E-state index contributed by atoms with van der Waals surface area (Å²) in [5.41, 5.74) is 1.44. The minimum absolute atomic E-state index is 0.539. The standard InChI is InChI=1S/C15H23NS/c1-3-7-15(13-8-5-4-6-9-13)16-14-10-12(2)17-11-14/h4-6,8-9,12,14-16H,3,7,10-11H2,1-2H3. The van der Waals surface area contributed by atoms with Gasteiger partial charge >= 0.3 is 0 Å². The largest absolute Gasteiger partial charge is 0.306 e. The van der Waals surface area contributed by atoms with Crippen LogP contribution in [0.5, 0.6) is 0 Å². The van der Waals surface area contributed by atoms with E-state index >= 15 is 0 Å². The molecule has 1 heterocycles. The zero-order valence-electron chi connectivity index (χ0n) is 10.9. The van der Waals surface area contributed by atoms with Crippen molar-refractivity contribution in [1.82, 2.24) is 5.32 Å². The topological polar surface area (TPSA) is 12.0 Å². The van der Waals surface area contributed by atoms with Crippen molar-refractivity contribution in [1.29, 1.82) is 0 Å². The summed E-state index contributed by atoms with van der Waals surface area (Å²) in [5, 5.41) is 4.67. The summed E-state index contributed by atoms with van der Waals surface area (Å²) in [5.74, 6) is 1.27. The van der Waals surface area contributed by atoms with Crippen LogP contribution in [-0.2, 0) is 0 Å². The molecule has 1 aromatic carbocycles. The SMILES string of the molecule is CCCC(NC1CSC(C)C1)c1ccccc1. The normalized spacial score (nSPS) is 26.0. The molecule has 1 nitrogen and oxygen atoms in total. The minimum Gasteiger partial charge on any atom is -0.306 e. The van der Waals surface area contributed by atoms with Crippen LogP contribution in [0.25, 0.3) is 0 Å². The third-order valence-electron chi connectivity index (χ3n) is 3.41. The van der Waals surface area contributed by atoms with Crippen LogP contribution in [0, 0.1) is 0 Å². The Balaban J connectivity index is 1.98. The average Bonchev–Trinajstić information content (AvgIpc) is 2.75. The van der Waals surface area contributed by atoms with Crippen LogP contribution in [0.1, 0.15) is 44.7 Å². The van der Waals surface area contributed by atoms with Gasteiger partial charge in [0.1, 0.15) is 0 Å². The first-order valence-electron chi connectivity index (χ1n) is 6.72. The Hall–Kier alpha value is -0.470. The van der Waals surface area contributed by atoms with Gasteiger partial charge in [-0.2, -0.15) is 11.8 Å². The summed E-state index contributed by atoms with van der Waals surface area (Å²) in [6.45, 7) is 4.60. The van der Waals surface area contributed by atoms with E-state index in [9.17, 15) is 0 Å². The van der Waals surface area contributed by atoms with Crippen molar-refractivity contribution in [3.05, 3.63) is 35.9 Å². The molecule has 0 spiro atoms. The second-order valence-electron chi connectivity index (χ2n) is 5.00. The molecule has 2 rings (SSSR count). The number of hydrogen-bond acceptors (Lipinski definition) is 2. The van der Waals surface area contributed by atoms with Crippen LogP contribution in [0.3, 0.4) is 0 Å². The molecule has 2 heteroatoms. The maximum atomic E-state index is 3.84. The summed E-state index contributed by atoms with van der Waals surface area (Å²) in [6.07, 6.45) is 3.79. The van der Waals surface area contributed by atoms with Gasteiger partial charge in [-0.1, -0.05) is 50.6 Å². The molecule has 3 unspecified atom stereocenters. The van der Waals surface area contributed by atoms with Crippen LogP contribution < -0.4 is 5.32 Å². The Morgan fingerprint density at radius 2 is 2.12 bits per heavy atom. The zero-order valence-corrected chi connectivity index (χ0v) is 11.7. The molecule has 17 heavy (non-hydrogen) atoms. The third kappa shape index (κ3) is 3.75. The van der Waals surface area contributed by atoms with Crippen LogP contribution in [-0.4, -0.2) is 17.0 Å². The first kappa shape index (κ1) is 13.0. The highest BCUT2D eigenvalue weighted by atomic mass is 32.2. The van der Waals surface area contributed by atoms with E-state index in [1.165, 1.54) is 30.6 Å². The number of benzene rings is 1. The molecule has 94 valence electrons. The van der Waals surface area contributed by atoms with Crippen molar-refractivity contribution in [2.24, 2.45) is 0 Å². The minimum atomic E-state index is 0.539. The molecular weight excluding hydrogens is 226 g/mol. The number of rotatable bonds is 5. The van der Waals surface area contributed by atoms with Crippen LogP contribution in [0.2, 0.25) is 0 Å². The van der Waals surface area contributed by atoms with Crippen molar-refractivity contribution in [3.63, 3.8) is 0 Å². The van der Waals surface area contributed by atoms with Gasteiger partial charge in [-0.15, -0.1) is 0 Å². The van der Waals surface area contributed by atoms with Gasteiger partial charge in [-0.25, -0.2) is 0 Å². The predicted octanol–water partition coefficient (Wildman–Crippen LogP) is 4.01. The molecule has 0 aliphatic carbocycles. The summed E-state index contributed by atoms with van der Waals surface area (Å²) in [7, 11) is 0. The molecule has 1 aromatic rings. The molecule has 0 radical (unpaired) electrons. The van der Waals surface area contributed by atoms with Crippen LogP contribution >= 0.6 is 11.8 Å². The highest BCUT2D eigenvalue weighted by Crippen LogP contribution is 2.29. The van der Waals surface area contributed by atoms with Crippen molar-refractivity contribution in [2.75, 3.05) is 5.75 Å². The fraction of sp³-hybridized carbons (Fsp3) is 0.600. The van der Waals surface area contributed by atoms with Gasteiger partial charge in [-0.05, 0) is 18.4 Å². The smallest absolute Gasteiger partial charge is 0.0322 e. The van der Waals surface area contributed by atoms with Gasteiger partial charge < -0.3 is 5.32 Å². The lowest BCUT2D eigenvalue weighted by Gasteiger charge is -2.23. The summed E-state index contributed by atoms with van der Waals surface area (Å²) >= 11 is 2.10. The lowest BCUT2D eigenvalue weighted by atomic mass is 10.0. The second kappa shape index (κ2) is 6.46. The van der Waals surface area contributed by atoms with Gasteiger partial charge in [0.05, 0.1) is 0 Å². The molecule has 0 bridgehead atoms. The summed E-state index contributed by atoms with van der Waals surface area (Å²) in [4.78, 5) is 0. The summed E-state index contributed by atoms with van der Waals surface area (Å²) < 4.78 is 0. The van der Waals surface area contributed by atoms with Gasteiger partial charge in [0.15, 0.2) is 0 Å². The fourth-order valence-electron chi connectivity index (χ4n) is 2.54. The fourth-order valence-corrected chi connectivity index (χ4v) is 3.70. The Morgan fingerprint density at radius 3 is 2.71 bits per heavy atom. The van der Waals surface area contributed by atoms with Crippen molar-refractivity contribution in [2.45, 2.75) is 50.4 Å². The van der Waals surface area contributed by atoms with Crippen LogP contribution in [0.15, 0.2) is 30.3 Å². The van der Waals surface area contributed by atoms with E-state index in [4.69, 9.17) is 0 Å².